The van der Waals surface area contributed by atoms with Crippen molar-refractivity contribution in [3.8, 4) is 0 Å². The van der Waals surface area contributed by atoms with Gasteiger partial charge in [-0.3, -0.25) is 0 Å². The molecule has 1 aromatic carbocycles. The summed E-state index contributed by atoms with van der Waals surface area (Å²) in [5.74, 6) is 0.656. The second-order valence-corrected chi connectivity index (χ2v) is 7.54. The lowest BCUT2D eigenvalue weighted by atomic mass is 9.84. The van der Waals surface area contributed by atoms with Crippen molar-refractivity contribution in [1.29, 1.82) is 0 Å². The van der Waals surface area contributed by atoms with E-state index in [0.29, 0.717) is 18.0 Å². The molecule has 0 radical (unpaired) electrons. The molecule has 0 saturated carbocycles. The molecular formula is C18H30N2. The first kappa shape index (κ1) is 15.4. The maximum atomic E-state index is 3.63. The van der Waals surface area contributed by atoms with E-state index in [4.69, 9.17) is 0 Å². The molecule has 0 aromatic heterocycles. The Morgan fingerprint density at radius 3 is 2.45 bits per heavy atom. The summed E-state index contributed by atoms with van der Waals surface area (Å²) < 4.78 is 0. The third-order valence-corrected chi connectivity index (χ3v) is 4.34. The fourth-order valence-corrected chi connectivity index (χ4v) is 3.16. The van der Waals surface area contributed by atoms with Crippen molar-refractivity contribution >= 4 is 5.69 Å². The number of hydrogen-bond donors (Lipinski definition) is 1. The van der Waals surface area contributed by atoms with Gasteiger partial charge < -0.3 is 10.2 Å². The van der Waals surface area contributed by atoms with Gasteiger partial charge >= 0.3 is 0 Å². The van der Waals surface area contributed by atoms with Crippen molar-refractivity contribution < 1.29 is 0 Å². The van der Waals surface area contributed by atoms with Gasteiger partial charge in [-0.15, -0.1) is 0 Å². The van der Waals surface area contributed by atoms with Crippen LogP contribution in [0.5, 0.6) is 0 Å². The van der Waals surface area contributed by atoms with Gasteiger partial charge in [0.1, 0.15) is 0 Å². The van der Waals surface area contributed by atoms with Crippen molar-refractivity contribution in [2.75, 3.05) is 18.0 Å². The maximum Gasteiger partial charge on any atom is 0.0438 e. The number of para-hydroxylation sites is 1. The molecule has 0 aliphatic carbocycles. The van der Waals surface area contributed by atoms with Crippen LogP contribution in [-0.2, 0) is 5.41 Å². The van der Waals surface area contributed by atoms with Crippen LogP contribution in [-0.4, -0.2) is 25.2 Å². The molecule has 1 aliphatic heterocycles. The van der Waals surface area contributed by atoms with Crippen LogP contribution < -0.4 is 10.2 Å². The minimum absolute atomic E-state index is 0.187. The first-order valence-corrected chi connectivity index (χ1v) is 7.90. The summed E-state index contributed by atoms with van der Waals surface area (Å²) in [7, 11) is 0. The summed E-state index contributed by atoms with van der Waals surface area (Å²) in [6, 6.07) is 10.1. The minimum Gasteiger partial charge on any atom is -0.365 e. The quantitative estimate of drug-likeness (QED) is 0.882. The van der Waals surface area contributed by atoms with Gasteiger partial charge in [0.05, 0.1) is 0 Å². The van der Waals surface area contributed by atoms with Crippen LogP contribution in [0, 0.1) is 5.92 Å². The zero-order valence-electron chi connectivity index (χ0n) is 13.9. The highest BCUT2D eigenvalue weighted by molar-refractivity contribution is 5.57. The predicted octanol–water partition coefficient (Wildman–Crippen LogP) is 3.81. The number of nitrogens with zero attached hydrogens (tertiary/aromatic N) is 1. The minimum atomic E-state index is 0.187. The van der Waals surface area contributed by atoms with E-state index < -0.39 is 0 Å². The second kappa shape index (κ2) is 5.77. The van der Waals surface area contributed by atoms with E-state index in [1.165, 1.54) is 11.3 Å². The van der Waals surface area contributed by atoms with E-state index in [9.17, 15) is 0 Å². The summed E-state index contributed by atoms with van der Waals surface area (Å²) in [5, 5.41) is 3.63. The molecule has 0 bridgehead atoms. The average Bonchev–Trinajstić information content (AvgIpc) is 2.37. The van der Waals surface area contributed by atoms with E-state index in [-0.39, 0.29) is 5.41 Å². The Labute approximate surface area is 124 Å². The molecule has 1 aliphatic rings. The molecule has 2 rings (SSSR count). The van der Waals surface area contributed by atoms with Gasteiger partial charge in [0, 0.05) is 30.9 Å². The maximum absolute atomic E-state index is 3.63. The third kappa shape index (κ3) is 3.17. The Hall–Kier alpha value is -1.02. The first-order valence-electron chi connectivity index (χ1n) is 7.90. The van der Waals surface area contributed by atoms with Gasteiger partial charge in [0.2, 0.25) is 0 Å². The Bertz CT molecular complexity index is 445. The molecule has 2 nitrogen and oxygen atoms in total. The zero-order chi connectivity index (χ0) is 14.9. The van der Waals surface area contributed by atoms with Crippen LogP contribution in [0.1, 0.15) is 47.1 Å². The number of rotatable bonds is 2. The van der Waals surface area contributed by atoms with Crippen LogP contribution in [0.4, 0.5) is 5.69 Å². The van der Waals surface area contributed by atoms with Gasteiger partial charge in [-0.25, -0.2) is 0 Å². The highest BCUT2D eigenvalue weighted by atomic mass is 15.2. The Kier molecular flexibility index (Phi) is 4.43. The highest BCUT2D eigenvalue weighted by Gasteiger charge is 2.31. The van der Waals surface area contributed by atoms with Gasteiger partial charge in [-0.1, -0.05) is 52.8 Å². The second-order valence-electron chi connectivity index (χ2n) is 7.54. The lowest BCUT2D eigenvalue weighted by Crippen LogP contribution is -2.58. The summed E-state index contributed by atoms with van der Waals surface area (Å²) in [6.07, 6.45) is 0. The molecule has 112 valence electrons. The highest BCUT2D eigenvalue weighted by Crippen LogP contribution is 2.34. The third-order valence-electron chi connectivity index (χ3n) is 4.34. The standard InChI is InChI=1S/C18H30N2/c1-13(2)17-11-19-14(3)12-20(17)16-10-8-7-9-15(16)18(4,5)6/h7-10,13-14,17,19H,11-12H2,1-6H3. The molecule has 0 amide bonds. The predicted molar refractivity (Wildman–Crippen MR) is 88.6 cm³/mol. The normalized spacial score (nSPS) is 24.2. The molecule has 1 aromatic rings. The molecule has 2 unspecified atom stereocenters. The van der Waals surface area contributed by atoms with Gasteiger partial charge in [0.15, 0.2) is 0 Å². The van der Waals surface area contributed by atoms with Crippen LogP contribution in [0.3, 0.4) is 0 Å². The smallest absolute Gasteiger partial charge is 0.0438 e. The fourth-order valence-electron chi connectivity index (χ4n) is 3.16. The monoisotopic (exact) mass is 274 g/mol. The zero-order valence-corrected chi connectivity index (χ0v) is 13.9. The van der Waals surface area contributed by atoms with Crippen LogP contribution in [0.2, 0.25) is 0 Å². The SMILES string of the molecule is CC1CN(c2ccccc2C(C)(C)C)C(C(C)C)CN1. The summed E-state index contributed by atoms with van der Waals surface area (Å²) in [5.41, 5.74) is 3.07. The summed E-state index contributed by atoms with van der Waals surface area (Å²) >= 11 is 0. The average molecular weight is 274 g/mol. The largest absolute Gasteiger partial charge is 0.365 e. The molecule has 1 N–H and O–H groups in total. The molecular weight excluding hydrogens is 244 g/mol. The Morgan fingerprint density at radius 2 is 1.85 bits per heavy atom. The first-order chi connectivity index (χ1) is 9.30. The van der Waals surface area contributed by atoms with Gasteiger partial charge in [-0.2, -0.15) is 0 Å². The lowest BCUT2D eigenvalue weighted by molar-refractivity contribution is 0.347. The van der Waals surface area contributed by atoms with E-state index >= 15 is 0 Å². The number of nitrogens with one attached hydrogen (secondary N) is 1. The Morgan fingerprint density at radius 1 is 1.20 bits per heavy atom. The van der Waals surface area contributed by atoms with Crippen molar-refractivity contribution in [2.24, 2.45) is 5.92 Å². The van der Waals surface area contributed by atoms with E-state index in [2.05, 4.69) is 76.0 Å². The summed E-state index contributed by atoms with van der Waals surface area (Å²) in [4.78, 5) is 2.63. The van der Waals surface area contributed by atoms with E-state index in [1.807, 2.05) is 0 Å². The number of benzene rings is 1. The van der Waals surface area contributed by atoms with E-state index in [1.54, 1.807) is 0 Å². The Balaban J connectivity index is 2.42. The lowest BCUT2D eigenvalue weighted by Gasteiger charge is -2.45. The van der Waals surface area contributed by atoms with Crippen molar-refractivity contribution in [3.63, 3.8) is 0 Å². The molecule has 1 saturated heterocycles. The van der Waals surface area contributed by atoms with Gasteiger partial charge in [0.25, 0.3) is 0 Å². The van der Waals surface area contributed by atoms with Crippen LogP contribution in [0.25, 0.3) is 0 Å². The number of piperazine rings is 1. The molecule has 0 spiro atoms. The topological polar surface area (TPSA) is 15.3 Å². The number of anilines is 1. The molecule has 2 atom stereocenters. The fraction of sp³-hybridized carbons (Fsp3) is 0.667. The van der Waals surface area contributed by atoms with E-state index in [0.717, 1.165) is 13.1 Å². The van der Waals surface area contributed by atoms with Crippen molar-refractivity contribution in [2.45, 2.75) is 59.0 Å². The van der Waals surface area contributed by atoms with Gasteiger partial charge in [-0.05, 0) is 29.9 Å². The summed E-state index contributed by atoms with van der Waals surface area (Å²) in [6.45, 7) is 16.0. The molecule has 1 fully saturated rings. The van der Waals surface area contributed by atoms with Crippen molar-refractivity contribution in [3.05, 3.63) is 29.8 Å². The molecule has 2 heteroatoms. The molecule has 1 heterocycles. The van der Waals surface area contributed by atoms with Crippen LogP contribution >= 0.6 is 0 Å². The number of hydrogen-bond acceptors (Lipinski definition) is 2. The van der Waals surface area contributed by atoms with Crippen molar-refractivity contribution in [1.82, 2.24) is 5.32 Å². The van der Waals surface area contributed by atoms with Crippen LogP contribution in [0.15, 0.2) is 24.3 Å². The molecule has 20 heavy (non-hydrogen) atoms.